The maximum atomic E-state index is 13.4. The molecule has 2 aromatic carbocycles. The summed E-state index contributed by atoms with van der Waals surface area (Å²) in [6, 6.07) is 11.9. The minimum absolute atomic E-state index is 0.259. The van der Waals surface area contributed by atoms with E-state index in [1.165, 1.54) is 12.1 Å². The number of nitrogens with one attached hydrogen (secondary N) is 1. The van der Waals surface area contributed by atoms with Gasteiger partial charge >= 0.3 is 0 Å². The fourth-order valence-electron chi connectivity index (χ4n) is 1.96. The van der Waals surface area contributed by atoms with E-state index in [-0.39, 0.29) is 5.82 Å². The second-order valence-corrected chi connectivity index (χ2v) is 4.71. The Kier molecular flexibility index (Phi) is 5.58. The van der Waals surface area contributed by atoms with Crippen molar-refractivity contribution in [2.45, 2.75) is 19.9 Å². The number of ether oxygens (including phenoxy) is 2. The summed E-state index contributed by atoms with van der Waals surface area (Å²) in [6.45, 7) is 3.56. The summed E-state index contributed by atoms with van der Waals surface area (Å²) in [4.78, 5) is 0. The predicted octanol–water partition coefficient (Wildman–Crippen LogP) is 4.13. The molecule has 0 radical (unpaired) electrons. The molecule has 0 saturated carbocycles. The van der Waals surface area contributed by atoms with E-state index in [0.717, 1.165) is 24.3 Å². The van der Waals surface area contributed by atoms with Gasteiger partial charge < -0.3 is 14.8 Å². The van der Waals surface area contributed by atoms with Crippen LogP contribution in [0, 0.1) is 5.82 Å². The van der Waals surface area contributed by atoms with Crippen molar-refractivity contribution in [1.29, 1.82) is 0 Å². The van der Waals surface area contributed by atoms with Gasteiger partial charge in [-0.2, -0.15) is 0 Å². The molecule has 21 heavy (non-hydrogen) atoms. The highest BCUT2D eigenvalue weighted by atomic mass is 19.1. The Hall–Kier alpha value is -2.07. The molecule has 112 valence electrons. The Morgan fingerprint density at radius 1 is 1.05 bits per heavy atom. The molecule has 1 N–H and O–H groups in total. The highest BCUT2D eigenvalue weighted by Gasteiger charge is 2.07. The monoisotopic (exact) mass is 289 g/mol. The van der Waals surface area contributed by atoms with Gasteiger partial charge in [-0.05, 0) is 55.4 Å². The second-order valence-electron chi connectivity index (χ2n) is 4.71. The summed E-state index contributed by atoms with van der Waals surface area (Å²) in [5.74, 6) is 1.86. The Morgan fingerprint density at radius 3 is 2.43 bits per heavy atom. The molecule has 0 atom stereocenters. The topological polar surface area (TPSA) is 30.5 Å². The van der Waals surface area contributed by atoms with Crippen molar-refractivity contribution in [2.75, 3.05) is 13.7 Å². The van der Waals surface area contributed by atoms with E-state index in [2.05, 4.69) is 12.2 Å². The first-order chi connectivity index (χ1) is 10.2. The third kappa shape index (κ3) is 4.46. The van der Waals surface area contributed by atoms with Gasteiger partial charge in [-0.25, -0.2) is 4.39 Å². The van der Waals surface area contributed by atoms with Crippen LogP contribution in [0.1, 0.15) is 18.9 Å². The Labute approximate surface area is 124 Å². The first kappa shape index (κ1) is 15.3. The molecule has 0 fully saturated rings. The molecule has 0 heterocycles. The zero-order valence-electron chi connectivity index (χ0n) is 12.4. The van der Waals surface area contributed by atoms with Gasteiger partial charge in [0.05, 0.1) is 7.11 Å². The predicted molar refractivity (Wildman–Crippen MR) is 81.5 cm³/mol. The van der Waals surface area contributed by atoms with Gasteiger partial charge in [0.15, 0.2) is 0 Å². The standard InChI is InChI=1S/C17H20FNO2/c1-3-10-19-12-13-11-14(18)4-9-17(13)21-16-7-5-15(20-2)6-8-16/h4-9,11,19H,3,10,12H2,1-2H3. The summed E-state index contributed by atoms with van der Waals surface area (Å²) in [5.41, 5.74) is 0.805. The largest absolute Gasteiger partial charge is 0.497 e. The zero-order chi connectivity index (χ0) is 15.1. The number of rotatable bonds is 7. The fraction of sp³-hybridized carbons (Fsp3) is 0.294. The van der Waals surface area contributed by atoms with Crippen molar-refractivity contribution >= 4 is 0 Å². The van der Waals surface area contributed by atoms with Crippen LogP contribution in [-0.4, -0.2) is 13.7 Å². The van der Waals surface area contributed by atoms with E-state index in [4.69, 9.17) is 9.47 Å². The van der Waals surface area contributed by atoms with Gasteiger partial charge in [-0.15, -0.1) is 0 Å². The van der Waals surface area contributed by atoms with Gasteiger partial charge in [-0.3, -0.25) is 0 Å². The minimum atomic E-state index is -0.259. The van der Waals surface area contributed by atoms with Crippen molar-refractivity contribution in [2.24, 2.45) is 0 Å². The van der Waals surface area contributed by atoms with E-state index >= 15 is 0 Å². The molecule has 2 aromatic rings. The molecule has 0 bridgehead atoms. The molecule has 4 heteroatoms. The first-order valence-corrected chi connectivity index (χ1v) is 7.04. The second kappa shape index (κ2) is 7.64. The van der Waals surface area contributed by atoms with Crippen LogP contribution in [0.5, 0.6) is 17.2 Å². The molecular formula is C17H20FNO2. The van der Waals surface area contributed by atoms with E-state index in [9.17, 15) is 4.39 Å². The summed E-state index contributed by atoms with van der Waals surface area (Å²) in [5, 5.41) is 3.26. The van der Waals surface area contributed by atoms with Crippen LogP contribution in [0.4, 0.5) is 4.39 Å². The molecule has 0 unspecified atom stereocenters. The lowest BCUT2D eigenvalue weighted by Gasteiger charge is -2.12. The Morgan fingerprint density at radius 2 is 1.76 bits per heavy atom. The number of hydrogen-bond acceptors (Lipinski definition) is 3. The van der Waals surface area contributed by atoms with Crippen molar-refractivity contribution in [1.82, 2.24) is 5.32 Å². The molecule has 3 nitrogen and oxygen atoms in total. The molecule has 0 aliphatic carbocycles. The van der Waals surface area contributed by atoms with Crippen molar-refractivity contribution in [3.63, 3.8) is 0 Å². The van der Waals surface area contributed by atoms with E-state index in [0.29, 0.717) is 18.0 Å². The third-order valence-corrected chi connectivity index (χ3v) is 3.05. The normalized spacial score (nSPS) is 10.4. The van der Waals surface area contributed by atoms with Crippen molar-refractivity contribution in [3.05, 3.63) is 53.8 Å². The van der Waals surface area contributed by atoms with Gasteiger partial charge in [0.1, 0.15) is 23.1 Å². The number of halogens is 1. The van der Waals surface area contributed by atoms with Crippen LogP contribution in [-0.2, 0) is 6.54 Å². The summed E-state index contributed by atoms with van der Waals surface area (Å²) >= 11 is 0. The lowest BCUT2D eigenvalue weighted by Crippen LogP contribution is -2.14. The van der Waals surface area contributed by atoms with Gasteiger partial charge in [0.2, 0.25) is 0 Å². The van der Waals surface area contributed by atoms with Crippen LogP contribution in [0.15, 0.2) is 42.5 Å². The first-order valence-electron chi connectivity index (χ1n) is 7.04. The number of benzene rings is 2. The molecule has 0 aromatic heterocycles. The SMILES string of the molecule is CCCNCc1cc(F)ccc1Oc1ccc(OC)cc1. The van der Waals surface area contributed by atoms with Gasteiger partial charge in [-0.1, -0.05) is 6.92 Å². The highest BCUT2D eigenvalue weighted by Crippen LogP contribution is 2.27. The van der Waals surface area contributed by atoms with Crippen LogP contribution in [0.2, 0.25) is 0 Å². The third-order valence-electron chi connectivity index (χ3n) is 3.05. The average molecular weight is 289 g/mol. The van der Waals surface area contributed by atoms with Gasteiger partial charge in [0, 0.05) is 12.1 Å². The van der Waals surface area contributed by atoms with Crippen molar-refractivity contribution < 1.29 is 13.9 Å². The minimum Gasteiger partial charge on any atom is -0.497 e. The lowest BCUT2D eigenvalue weighted by molar-refractivity contribution is 0.412. The Balaban J connectivity index is 2.13. The molecule has 0 aliphatic heterocycles. The van der Waals surface area contributed by atoms with E-state index in [1.54, 1.807) is 13.2 Å². The Bertz CT molecular complexity index is 570. The lowest BCUT2D eigenvalue weighted by atomic mass is 10.2. The van der Waals surface area contributed by atoms with Crippen LogP contribution in [0.3, 0.4) is 0 Å². The molecule has 2 rings (SSSR count). The highest BCUT2D eigenvalue weighted by molar-refractivity contribution is 5.39. The van der Waals surface area contributed by atoms with E-state index < -0.39 is 0 Å². The molecular weight excluding hydrogens is 269 g/mol. The smallest absolute Gasteiger partial charge is 0.132 e. The molecule has 0 amide bonds. The van der Waals surface area contributed by atoms with Gasteiger partial charge in [0.25, 0.3) is 0 Å². The summed E-state index contributed by atoms with van der Waals surface area (Å²) in [7, 11) is 1.62. The number of methoxy groups -OCH3 is 1. The summed E-state index contributed by atoms with van der Waals surface area (Å²) < 4.78 is 24.3. The molecule has 0 saturated heterocycles. The van der Waals surface area contributed by atoms with Crippen LogP contribution >= 0.6 is 0 Å². The number of hydrogen-bond donors (Lipinski definition) is 1. The van der Waals surface area contributed by atoms with Crippen LogP contribution in [0.25, 0.3) is 0 Å². The maximum Gasteiger partial charge on any atom is 0.132 e. The molecule has 0 spiro atoms. The van der Waals surface area contributed by atoms with Crippen LogP contribution < -0.4 is 14.8 Å². The van der Waals surface area contributed by atoms with Crippen molar-refractivity contribution in [3.8, 4) is 17.2 Å². The summed E-state index contributed by atoms with van der Waals surface area (Å²) in [6.07, 6.45) is 1.03. The average Bonchev–Trinajstić information content (AvgIpc) is 2.51. The molecule has 0 aliphatic rings. The fourth-order valence-corrected chi connectivity index (χ4v) is 1.96. The maximum absolute atomic E-state index is 13.4. The quantitative estimate of drug-likeness (QED) is 0.778. The zero-order valence-corrected chi connectivity index (χ0v) is 12.4. The van der Waals surface area contributed by atoms with E-state index in [1.807, 2.05) is 24.3 Å².